The fraction of sp³-hybridized carbons (Fsp3) is 0.316. The second-order valence-electron chi connectivity index (χ2n) is 6.87. The fourth-order valence-corrected chi connectivity index (χ4v) is 3.19. The van der Waals surface area contributed by atoms with Gasteiger partial charge in [-0.1, -0.05) is 35.0 Å². The van der Waals surface area contributed by atoms with Crippen molar-refractivity contribution in [2.45, 2.75) is 31.4 Å². The first-order valence-electron chi connectivity index (χ1n) is 9.09. The lowest BCUT2D eigenvalue weighted by molar-refractivity contribution is 0.0708. The predicted octanol–water partition coefficient (Wildman–Crippen LogP) is 2.14. The summed E-state index contributed by atoms with van der Waals surface area (Å²) in [6.07, 6.45) is 4.01. The van der Waals surface area contributed by atoms with Crippen LogP contribution in [0.4, 0.5) is 0 Å². The van der Waals surface area contributed by atoms with Crippen molar-refractivity contribution < 1.29 is 9.63 Å². The van der Waals surface area contributed by atoms with Crippen LogP contribution in [-0.4, -0.2) is 40.5 Å². The Bertz CT molecular complexity index is 1160. The van der Waals surface area contributed by atoms with Crippen LogP contribution >= 0.6 is 11.6 Å². The van der Waals surface area contributed by atoms with Crippen LogP contribution in [0, 0.1) is 0 Å². The molecule has 1 fully saturated rings. The molecule has 0 unspecified atom stereocenters. The van der Waals surface area contributed by atoms with E-state index in [2.05, 4.69) is 20.1 Å². The van der Waals surface area contributed by atoms with E-state index in [1.165, 1.54) is 10.9 Å². The van der Waals surface area contributed by atoms with Gasteiger partial charge in [0.1, 0.15) is 12.9 Å². The molecular formula is C19H19ClN6O3. The molecule has 0 bridgehead atoms. The highest BCUT2D eigenvalue weighted by atomic mass is 35.5. The van der Waals surface area contributed by atoms with Gasteiger partial charge in [0.2, 0.25) is 5.89 Å². The fourth-order valence-electron chi connectivity index (χ4n) is 3.04. The minimum atomic E-state index is -0.272. The van der Waals surface area contributed by atoms with E-state index in [-0.39, 0.29) is 24.1 Å². The Kier molecular flexibility index (Phi) is 5.41. The molecule has 0 aliphatic heterocycles. The topological polar surface area (TPSA) is 112 Å². The summed E-state index contributed by atoms with van der Waals surface area (Å²) in [6.45, 7) is 0.162. The molecule has 3 heterocycles. The highest BCUT2D eigenvalue weighted by molar-refractivity contribution is 6.30. The molecule has 0 saturated heterocycles. The number of imidazole rings is 1. The Hall–Kier alpha value is -3.04. The van der Waals surface area contributed by atoms with Gasteiger partial charge in [0.25, 0.3) is 5.56 Å². The van der Waals surface area contributed by atoms with E-state index in [1.54, 1.807) is 17.9 Å². The molecule has 10 heteroatoms. The van der Waals surface area contributed by atoms with Crippen LogP contribution in [0.5, 0.6) is 0 Å². The van der Waals surface area contributed by atoms with Gasteiger partial charge >= 0.3 is 0 Å². The quantitative estimate of drug-likeness (QED) is 0.546. The summed E-state index contributed by atoms with van der Waals surface area (Å²) in [5.74, 6) is 1.08. The lowest BCUT2D eigenvalue weighted by Crippen LogP contribution is -2.27. The van der Waals surface area contributed by atoms with Crippen LogP contribution in [0.1, 0.15) is 30.5 Å². The normalized spacial score (nSPS) is 18.2. The Morgan fingerprint density at radius 1 is 1.21 bits per heavy atom. The summed E-state index contributed by atoms with van der Waals surface area (Å²) >= 11 is 5.54. The smallest absolute Gasteiger partial charge is 0.280 e. The van der Waals surface area contributed by atoms with Crippen LogP contribution in [0.3, 0.4) is 0 Å². The van der Waals surface area contributed by atoms with Gasteiger partial charge in [-0.15, -0.1) is 0 Å². The maximum Gasteiger partial charge on any atom is 0.280 e. The summed E-state index contributed by atoms with van der Waals surface area (Å²) in [4.78, 5) is 24.9. The molecule has 1 aliphatic carbocycles. The molecule has 0 radical (unpaired) electrons. The van der Waals surface area contributed by atoms with Crippen molar-refractivity contribution >= 4 is 22.8 Å². The molecular weight excluding hydrogens is 396 g/mol. The number of aromatic nitrogens is 6. The van der Waals surface area contributed by atoms with Crippen LogP contribution in [0.25, 0.3) is 11.2 Å². The number of halogens is 1. The number of hydrogen-bond donors (Lipinski definition) is 1. The molecule has 1 aromatic carbocycles. The zero-order chi connectivity index (χ0) is 20.4. The average molecular weight is 415 g/mol. The predicted molar refractivity (Wildman–Crippen MR) is 106 cm³/mol. The maximum absolute atomic E-state index is 12.4. The van der Waals surface area contributed by atoms with Gasteiger partial charge in [-0.05, 0) is 25.0 Å². The minimum Gasteiger partial charge on any atom is -0.393 e. The molecule has 3 aromatic heterocycles. The molecule has 4 aromatic rings. The largest absolute Gasteiger partial charge is 0.393 e. The van der Waals surface area contributed by atoms with Crippen LogP contribution < -0.4 is 5.56 Å². The minimum absolute atomic E-state index is 0.141. The second-order valence-corrected chi connectivity index (χ2v) is 7.31. The third kappa shape index (κ3) is 4.20. The molecule has 9 nitrogen and oxygen atoms in total. The van der Waals surface area contributed by atoms with Crippen molar-refractivity contribution in [2.24, 2.45) is 7.05 Å². The number of hydrogen-bond acceptors (Lipinski definition) is 7. The third-order valence-electron chi connectivity index (χ3n) is 4.70. The molecule has 5 rings (SSSR count). The molecule has 29 heavy (non-hydrogen) atoms. The molecule has 0 spiro atoms. The third-order valence-corrected chi connectivity index (χ3v) is 4.95. The highest BCUT2D eigenvalue weighted by Gasteiger charge is 2.32. The van der Waals surface area contributed by atoms with Crippen molar-refractivity contribution in [1.82, 2.24) is 29.2 Å². The lowest BCUT2D eigenvalue weighted by atomic mass is 9.82. The van der Waals surface area contributed by atoms with Gasteiger partial charge in [0.15, 0.2) is 17.0 Å². The number of aryl methyl sites for hydroxylation is 1. The van der Waals surface area contributed by atoms with Crippen LogP contribution in [-0.2, 0) is 13.6 Å². The molecule has 0 atom stereocenters. The second kappa shape index (κ2) is 8.14. The molecule has 1 aliphatic rings. The van der Waals surface area contributed by atoms with Crippen LogP contribution in [0.15, 0.2) is 52.3 Å². The Labute approximate surface area is 170 Å². The lowest BCUT2D eigenvalue weighted by Gasteiger charge is -2.28. The summed E-state index contributed by atoms with van der Waals surface area (Å²) in [5.41, 5.74) is 0.645. The van der Waals surface area contributed by atoms with E-state index in [1.807, 2.05) is 30.3 Å². The standard InChI is InChI=1S/C13H14N6O3.C6H5Cl/c1-18-5-14-12-10(18)13(21)19(6-15-12)4-9-16-11(17-22-9)7-2-8(20)3-7;7-6-4-2-1-3-5-6/h5-8,20H,2-4H2,1H3;1-5H. The Morgan fingerprint density at radius 2 is 1.93 bits per heavy atom. The first-order valence-corrected chi connectivity index (χ1v) is 9.46. The molecule has 1 N–H and O–H groups in total. The van der Waals surface area contributed by atoms with Crippen LogP contribution in [0.2, 0.25) is 5.02 Å². The first kappa shape index (κ1) is 19.3. The zero-order valence-corrected chi connectivity index (χ0v) is 16.4. The van der Waals surface area contributed by atoms with Crippen molar-refractivity contribution in [1.29, 1.82) is 0 Å². The van der Waals surface area contributed by atoms with E-state index in [9.17, 15) is 9.90 Å². The monoisotopic (exact) mass is 414 g/mol. The number of nitrogens with zero attached hydrogens (tertiary/aromatic N) is 6. The number of aliphatic hydroxyl groups excluding tert-OH is 1. The van der Waals surface area contributed by atoms with E-state index in [0.29, 0.717) is 35.7 Å². The summed E-state index contributed by atoms with van der Waals surface area (Å²) < 4.78 is 8.24. The van der Waals surface area contributed by atoms with Crippen molar-refractivity contribution in [3.8, 4) is 0 Å². The van der Waals surface area contributed by atoms with Gasteiger partial charge in [-0.25, -0.2) is 9.97 Å². The first-order chi connectivity index (χ1) is 14.0. The van der Waals surface area contributed by atoms with E-state index < -0.39 is 0 Å². The van der Waals surface area contributed by atoms with Gasteiger partial charge in [-0.2, -0.15) is 4.98 Å². The Morgan fingerprint density at radius 3 is 2.59 bits per heavy atom. The van der Waals surface area contributed by atoms with E-state index in [4.69, 9.17) is 16.1 Å². The van der Waals surface area contributed by atoms with E-state index in [0.717, 1.165) is 5.02 Å². The molecule has 0 amide bonds. The van der Waals surface area contributed by atoms with Gasteiger partial charge < -0.3 is 14.2 Å². The van der Waals surface area contributed by atoms with Gasteiger partial charge in [0, 0.05) is 18.0 Å². The van der Waals surface area contributed by atoms with Gasteiger partial charge in [-0.3, -0.25) is 9.36 Å². The van der Waals surface area contributed by atoms with E-state index >= 15 is 0 Å². The number of rotatable bonds is 3. The number of aliphatic hydroxyl groups is 1. The highest BCUT2D eigenvalue weighted by Crippen LogP contribution is 2.34. The van der Waals surface area contributed by atoms with Crippen molar-refractivity contribution in [3.05, 3.63) is 70.1 Å². The maximum atomic E-state index is 12.4. The van der Waals surface area contributed by atoms with Crippen molar-refractivity contribution in [2.75, 3.05) is 0 Å². The summed E-state index contributed by atoms with van der Waals surface area (Å²) in [7, 11) is 1.75. The molecule has 1 saturated carbocycles. The number of benzene rings is 1. The Balaban J connectivity index is 0.000000249. The summed E-state index contributed by atoms with van der Waals surface area (Å²) in [6, 6.07) is 9.44. The average Bonchev–Trinajstić information content (AvgIpc) is 3.30. The van der Waals surface area contributed by atoms with Crippen molar-refractivity contribution in [3.63, 3.8) is 0 Å². The molecule has 150 valence electrons. The van der Waals surface area contributed by atoms with Gasteiger partial charge in [0.05, 0.1) is 12.4 Å². The summed E-state index contributed by atoms with van der Waals surface area (Å²) in [5, 5.41) is 14.0. The number of fused-ring (bicyclic) bond motifs is 1. The SMILES string of the molecule is Clc1ccccc1.Cn1cnc2ncn(Cc3nc(C4CC(O)C4)no3)c(=O)c21. The zero-order valence-electron chi connectivity index (χ0n) is 15.6.